The van der Waals surface area contributed by atoms with Gasteiger partial charge in [-0.25, -0.2) is 4.79 Å². The Morgan fingerprint density at radius 3 is 2.08 bits per heavy atom. The van der Waals surface area contributed by atoms with Crippen LogP contribution in [0.5, 0.6) is 0 Å². The second-order valence-electron chi connectivity index (χ2n) is 5.60. The minimum atomic E-state index is -0.895. The van der Waals surface area contributed by atoms with Crippen LogP contribution in [0.25, 0.3) is 0 Å². The fourth-order valence-electron chi connectivity index (χ4n) is 2.28. The first-order chi connectivity index (χ1) is 11.9. The van der Waals surface area contributed by atoms with E-state index >= 15 is 0 Å². The highest BCUT2D eigenvalue weighted by Crippen LogP contribution is 2.17. The van der Waals surface area contributed by atoms with Crippen molar-refractivity contribution in [2.75, 3.05) is 12.4 Å². The highest BCUT2D eigenvalue weighted by atomic mass is 16.5. The molecule has 1 atom stereocenters. The molecule has 0 saturated carbocycles. The SMILES string of the molecule is COC(=O)[C@@H](NC(=O)c1ccc(NC(C)=O)cc1)c1ccc(C)cc1. The molecule has 0 saturated heterocycles. The van der Waals surface area contributed by atoms with Gasteiger partial charge in [0, 0.05) is 18.2 Å². The molecule has 0 radical (unpaired) electrons. The number of rotatable bonds is 5. The van der Waals surface area contributed by atoms with Crippen LogP contribution in [0.1, 0.15) is 34.5 Å². The largest absolute Gasteiger partial charge is 0.467 e. The molecule has 2 aromatic carbocycles. The van der Waals surface area contributed by atoms with Crippen LogP contribution < -0.4 is 10.6 Å². The van der Waals surface area contributed by atoms with Crippen LogP contribution in [-0.2, 0) is 14.3 Å². The van der Waals surface area contributed by atoms with E-state index in [0.717, 1.165) is 5.56 Å². The van der Waals surface area contributed by atoms with Gasteiger partial charge in [0.05, 0.1) is 7.11 Å². The van der Waals surface area contributed by atoms with Crippen LogP contribution in [0.3, 0.4) is 0 Å². The number of amides is 2. The van der Waals surface area contributed by atoms with Crippen LogP contribution in [0, 0.1) is 6.92 Å². The standard InChI is InChI=1S/C19H20N2O4/c1-12-4-6-14(7-5-12)17(19(24)25-3)21-18(23)15-8-10-16(11-9-15)20-13(2)22/h4-11,17H,1-3H3,(H,20,22)(H,21,23)/t17-/m0/s1. The maximum atomic E-state index is 12.4. The van der Waals surface area contributed by atoms with Crippen molar-refractivity contribution >= 4 is 23.5 Å². The van der Waals surface area contributed by atoms with E-state index in [0.29, 0.717) is 16.8 Å². The van der Waals surface area contributed by atoms with Crippen molar-refractivity contribution in [1.29, 1.82) is 0 Å². The zero-order valence-corrected chi connectivity index (χ0v) is 14.3. The van der Waals surface area contributed by atoms with Crippen molar-refractivity contribution in [3.05, 3.63) is 65.2 Å². The normalized spacial score (nSPS) is 11.3. The number of benzene rings is 2. The molecule has 0 aliphatic heterocycles. The molecular weight excluding hydrogens is 320 g/mol. The first-order valence-electron chi connectivity index (χ1n) is 7.73. The molecule has 0 bridgehead atoms. The molecule has 0 aromatic heterocycles. The molecule has 0 heterocycles. The summed E-state index contributed by atoms with van der Waals surface area (Å²) in [5.41, 5.74) is 2.65. The molecule has 2 rings (SSSR count). The van der Waals surface area contributed by atoms with Crippen LogP contribution >= 0.6 is 0 Å². The summed E-state index contributed by atoms with van der Waals surface area (Å²) in [5, 5.41) is 5.30. The van der Waals surface area contributed by atoms with Crippen molar-refractivity contribution < 1.29 is 19.1 Å². The number of nitrogens with one attached hydrogen (secondary N) is 2. The summed E-state index contributed by atoms with van der Waals surface area (Å²) < 4.78 is 4.80. The van der Waals surface area contributed by atoms with Gasteiger partial charge in [0.25, 0.3) is 5.91 Å². The van der Waals surface area contributed by atoms with E-state index in [1.165, 1.54) is 14.0 Å². The number of carbonyl (C=O) groups excluding carboxylic acids is 3. The molecule has 2 amide bonds. The van der Waals surface area contributed by atoms with Crippen molar-refractivity contribution in [3.8, 4) is 0 Å². The fourth-order valence-corrected chi connectivity index (χ4v) is 2.28. The third-order valence-electron chi connectivity index (χ3n) is 3.59. The van der Waals surface area contributed by atoms with Gasteiger partial charge in [-0.2, -0.15) is 0 Å². The summed E-state index contributed by atoms with van der Waals surface area (Å²) in [6.45, 7) is 3.34. The quantitative estimate of drug-likeness (QED) is 0.820. The summed E-state index contributed by atoms with van der Waals surface area (Å²) in [6, 6.07) is 12.8. The zero-order chi connectivity index (χ0) is 18.4. The van der Waals surface area contributed by atoms with E-state index in [1.807, 2.05) is 19.1 Å². The van der Waals surface area contributed by atoms with E-state index in [4.69, 9.17) is 4.74 Å². The molecule has 0 aliphatic rings. The Kier molecular flexibility index (Phi) is 5.89. The number of esters is 1. The molecular formula is C19H20N2O4. The molecule has 25 heavy (non-hydrogen) atoms. The third kappa shape index (κ3) is 4.91. The third-order valence-corrected chi connectivity index (χ3v) is 3.59. The fraction of sp³-hybridized carbons (Fsp3) is 0.211. The van der Waals surface area contributed by atoms with Gasteiger partial charge in [-0.3, -0.25) is 9.59 Å². The van der Waals surface area contributed by atoms with E-state index in [2.05, 4.69) is 10.6 Å². The Bertz CT molecular complexity index is 767. The van der Waals surface area contributed by atoms with Crippen molar-refractivity contribution in [2.24, 2.45) is 0 Å². The molecule has 0 aliphatic carbocycles. The van der Waals surface area contributed by atoms with Gasteiger partial charge in [-0.05, 0) is 36.8 Å². The van der Waals surface area contributed by atoms with Crippen LogP contribution in [0.4, 0.5) is 5.69 Å². The molecule has 0 spiro atoms. The summed E-state index contributed by atoms with van der Waals surface area (Å²) in [7, 11) is 1.28. The summed E-state index contributed by atoms with van der Waals surface area (Å²) in [5.74, 6) is -1.15. The lowest BCUT2D eigenvalue weighted by Gasteiger charge is -2.17. The number of hydrogen-bond acceptors (Lipinski definition) is 4. The highest BCUT2D eigenvalue weighted by Gasteiger charge is 2.24. The maximum absolute atomic E-state index is 12.4. The molecule has 2 N–H and O–H groups in total. The highest BCUT2D eigenvalue weighted by molar-refractivity contribution is 5.97. The van der Waals surface area contributed by atoms with Gasteiger partial charge in [0.1, 0.15) is 0 Å². The Balaban J connectivity index is 2.17. The van der Waals surface area contributed by atoms with Crippen LogP contribution in [0.2, 0.25) is 0 Å². The molecule has 6 heteroatoms. The molecule has 0 fully saturated rings. The van der Waals surface area contributed by atoms with Gasteiger partial charge in [-0.1, -0.05) is 29.8 Å². The van der Waals surface area contributed by atoms with E-state index in [9.17, 15) is 14.4 Å². The number of carbonyl (C=O) groups is 3. The predicted octanol–water partition coefficient (Wildman–Crippen LogP) is 2.60. The van der Waals surface area contributed by atoms with Gasteiger partial charge >= 0.3 is 5.97 Å². The smallest absolute Gasteiger partial charge is 0.333 e. The maximum Gasteiger partial charge on any atom is 0.333 e. The lowest BCUT2D eigenvalue weighted by atomic mass is 10.0. The van der Waals surface area contributed by atoms with Crippen molar-refractivity contribution in [1.82, 2.24) is 5.32 Å². The number of hydrogen-bond donors (Lipinski definition) is 2. The van der Waals surface area contributed by atoms with Gasteiger partial charge in [0.15, 0.2) is 6.04 Å². The lowest BCUT2D eigenvalue weighted by Crippen LogP contribution is -2.34. The number of ether oxygens (including phenoxy) is 1. The van der Waals surface area contributed by atoms with Gasteiger partial charge < -0.3 is 15.4 Å². The number of methoxy groups -OCH3 is 1. The Morgan fingerprint density at radius 2 is 1.56 bits per heavy atom. The monoisotopic (exact) mass is 340 g/mol. The summed E-state index contributed by atoms with van der Waals surface area (Å²) >= 11 is 0. The van der Waals surface area contributed by atoms with Crippen LogP contribution in [-0.4, -0.2) is 24.9 Å². The average Bonchev–Trinajstić information content (AvgIpc) is 2.60. The average molecular weight is 340 g/mol. The first-order valence-corrected chi connectivity index (χ1v) is 7.73. The van der Waals surface area contributed by atoms with Crippen molar-refractivity contribution in [2.45, 2.75) is 19.9 Å². The van der Waals surface area contributed by atoms with Gasteiger partial charge in [0.2, 0.25) is 5.91 Å². The Labute approximate surface area is 146 Å². The Morgan fingerprint density at radius 1 is 0.960 bits per heavy atom. The number of aryl methyl sites for hydroxylation is 1. The second-order valence-corrected chi connectivity index (χ2v) is 5.60. The predicted molar refractivity (Wildman–Crippen MR) is 94.1 cm³/mol. The first kappa shape index (κ1) is 18.2. The summed E-state index contributed by atoms with van der Waals surface area (Å²) in [4.78, 5) is 35.5. The summed E-state index contributed by atoms with van der Waals surface area (Å²) in [6.07, 6.45) is 0. The minimum absolute atomic E-state index is 0.192. The lowest BCUT2D eigenvalue weighted by molar-refractivity contribution is -0.143. The molecule has 6 nitrogen and oxygen atoms in total. The molecule has 2 aromatic rings. The minimum Gasteiger partial charge on any atom is -0.467 e. The molecule has 0 unspecified atom stereocenters. The number of anilines is 1. The van der Waals surface area contributed by atoms with E-state index < -0.39 is 17.9 Å². The topological polar surface area (TPSA) is 84.5 Å². The zero-order valence-electron chi connectivity index (χ0n) is 14.3. The Hall–Kier alpha value is -3.15. The van der Waals surface area contributed by atoms with E-state index in [-0.39, 0.29) is 5.91 Å². The molecule has 130 valence electrons. The van der Waals surface area contributed by atoms with Gasteiger partial charge in [-0.15, -0.1) is 0 Å². The van der Waals surface area contributed by atoms with E-state index in [1.54, 1.807) is 36.4 Å². The van der Waals surface area contributed by atoms with Crippen LogP contribution in [0.15, 0.2) is 48.5 Å². The second kappa shape index (κ2) is 8.10. The van der Waals surface area contributed by atoms with Crippen molar-refractivity contribution in [3.63, 3.8) is 0 Å².